The van der Waals surface area contributed by atoms with Gasteiger partial charge in [-0.05, 0) is 30.2 Å². The molecule has 0 saturated heterocycles. The molecule has 150 valence electrons. The molecule has 0 unspecified atom stereocenters. The fourth-order valence-electron chi connectivity index (χ4n) is 3.41. The van der Waals surface area contributed by atoms with Gasteiger partial charge in [0.25, 0.3) is 5.91 Å². The topological polar surface area (TPSA) is 161 Å². The largest absolute Gasteiger partial charge is 0.481 e. The number of anilines is 1. The number of carbonyl (C=O) groups is 2. The monoisotopic (exact) mass is 402 g/mol. The average molecular weight is 402 g/mol. The number of carboxylic acid groups (broad SMARTS) is 1. The second-order valence-electron chi connectivity index (χ2n) is 6.88. The Morgan fingerprint density at radius 3 is 2.70 bits per heavy atom. The van der Waals surface area contributed by atoms with Crippen LogP contribution in [0.1, 0.15) is 21.6 Å². The fraction of sp³-hybridized carbons (Fsp3) is 0.0952. The van der Waals surface area contributed by atoms with Gasteiger partial charge in [-0.3, -0.25) is 14.7 Å². The predicted octanol–water partition coefficient (Wildman–Crippen LogP) is 2.30. The molecule has 9 heteroatoms. The van der Waals surface area contributed by atoms with E-state index in [2.05, 4.69) is 20.2 Å². The maximum absolute atomic E-state index is 12.1. The molecule has 2 heterocycles. The lowest BCUT2D eigenvalue weighted by atomic mass is 9.99. The molecule has 0 atom stereocenters. The number of nitrogens with two attached hydrogens (primary N) is 2. The molecule has 0 aliphatic rings. The molecular formula is C21H18N6O3. The summed E-state index contributed by atoms with van der Waals surface area (Å²) < 4.78 is 0. The Morgan fingerprint density at radius 2 is 1.97 bits per heavy atom. The van der Waals surface area contributed by atoms with E-state index in [9.17, 15) is 9.59 Å². The fourth-order valence-corrected chi connectivity index (χ4v) is 3.41. The lowest BCUT2D eigenvalue weighted by Crippen LogP contribution is -2.18. The Balaban J connectivity index is 1.98. The Kier molecular flexibility index (Phi) is 4.63. The molecule has 2 aromatic carbocycles. The van der Waals surface area contributed by atoms with Gasteiger partial charge < -0.3 is 16.6 Å². The number of fused-ring (bicyclic) bond motifs is 1. The number of aliphatic carboxylic acids is 1. The van der Waals surface area contributed by atoms with Crippen LogP contribution in [0.15, 0.2) is 42.6 Å². The van der Waals surface area contributed by atoms with E-state index in [-0.39, 0.29) is 23.6 Å². The minimum atomic E-state index is -0.953. The number of aryl methyl sites for hydroxylation is 1. The molecule has 0 fully saturated rings. The zero-order valence-electron chi connectivity index (χ0n) is 16.0. The first-order chi connectivity index (χ1) is 14.3. The predicted molar refractivity (Wildman–Crippen MR) is 112 cm³/mol. The summed E-state index contributed by atoms with van der Waals surface area (Å²) in [6.45, 7) is 1.90. The van der Waals surface area contributed by atoms with Crippen molar-refractivity contribution in [3.8, 4) is 22.6 Å². The van der Waals surface area contributed by atoms with Gasteiger partial charge in [0.05, 0.1) is 29.5 Å². The first-order valence-electron chi connectivity index (χ1n) is 9.06. The van der Waals surface area contributed by atoms with E-state index in [0.717, 1.165) is 16.5 Å². The molecule has 4 aromatic rings. The summed E-state index contributed by atoms with van der Waals surface area (Å²) in [5.41, 5.74) is 15.6. The summed E-state index contributed by atoms with van der Waals surface area (Å²) in [5.74, 6) is -1.51. The third kappa shape index (κ3) is 3.32. The number of hydrogen-bond acceptors (Lipinski definition) is 6. The van der Waals surface area contributed by atoms with Gasteiger partial charge in [0.1, 0.15) is 0 Å². The zero-order valence-corrected chi connectivity index (χ0v) is 16.0. The van der Waals surface area contributed by atoms with Crippen LogP contribution in [0.2, 0.25) is 0 Å². The Morgan fingerprint density at radius 1 is 1.17 bits per heavy atom. The van der Waals surface area contributed by atoms with E-state index in [1.54, 1.807) is 30.5 Å². The number of rotatable bonds is 5. The molecule has 0 saturated carbocycles. The van der Waals surface area contributed by atoms with Crippen molar-refractivity contribution < 1.29 is 14.7 Å². The third-order valence-corrected chi connectivity index (χ3v) is 4.79. The van der Waals surface area contributed by atoms with Gasteiger partial charge >= 0.3 is 5.97 Å². The molecule has 9 nitrogen and oxygen atoms in total. The van der Waals surface area contributed by atoms with Gasteiger partial charge in [0, 0.05) is 16.5 Å². The number of H-pyrrole nitrogens is 1. The molecule has 1 amide bonds. The van der Waals surface area contributed by atoms with Gasteiger partial charge in [-0.2, -0.15) is 5.10 Å². The van der Waals surface area contributed by atoms with Crippen LogP contribution in [-0.4, -0.2) is 37.1 Å². The highest BCUT2D eigenvalue weighted by Crippen LogP contribution is 2.35. The number of aromatic nitrogens is 4. The van der Waals surface area contributed by atoms with Crippen molar-refractivity contribution in [1.29, 1.82) is 0 Å². The van der Waals surface area contributed by atoms with Crippen molar-refractivity contribution in [3.63, 3.8) is 0 Å². The summed E-state index contributed by atoms with van der Waals surface area (Å²) >= 11 is 0. The molecule has 6 N–H and O–H groups in total. The molecule has 0 aliphatic carbocycles. The van der Waals surface area contributed by atoms with Crippen LogP contribution in [-0.2, 0) is 11.2 Å². The maximum atomic E-state index is 12.1. The number of nitrogens with one attached hydrogen (secondary N) is 1. The minimum absolute atomic E-state index is 0.0738. The number of carbonyl (C=O) groups excluding carboxylic acids is 1. The standard InChI is InChI=1S/C21H18N6O3/c1-10-5-6-14-13(9-24-27-14)16(10)18-17(22)19(20(23)30)26-21(25-18)12-4-2-3-11(7-12)8-15(28)29/h2-7,9H,8,22H2,1H3,(H2,23,30)(H,24,27)(H,28,29). The van der Waals surface area contributed by atoms with E-state index in [4.69, 9.17) is 16.6 Å². The second-order valence-corrected chi connectivity index (χ2v) is 6.88. The Labute approximate surface area is 170 Å². The molecule has 2 aromatic heterocycles. The summed E-state index contributed by atoms with van der Waals surface area (Å²) in [6, 6.07) is 10.6. The molecule has 0 spiro atoms. The highest BCUT2D eigenvalue weighted by molar-refractivity contribution is 6.04. The van der Waals surface area contributed by atoms with Crippen molar-refractivity contribution in [3.05, 3.63) is 59.4 Å². The first-order valence-corrected chi connectivity index (χ1v) is 9.06. The van der Waals surface area contributed by atoms with Crippen molar-refractivity contribution in [2.45, 2.75) is 13.3 Å². The van der Waals surface area contributed by atoms with Crippen LogP contribution in [0.5, 0.6) is 0 Å². The van der Waals surface area contributed by atoms with E-state index in [0.29, 0.717) is 22.4 Å². The van der Waals surface area contributed by atoms with Crippen molar-refractivity contribution >= 4 is 28.5 Å². The van der Waals surface area contributed by atoms with E-state index < -0.39 is 11.9 Å². The van der Waals surface area contributed by atoms with Crippen molar-refractivity contribution in [1.82, 2.24) is 20.2 Å². The number of carboxylic acids is 1. The summed E-state index contributed by atoms with van der Waals surface area (Å²) in [5, 5.41) is 16.8. The van der Waals surface area contributed by atoms with Crippen LogP contribution in [0.4, 0.5) is 5.69 Å². The Hall–Kier alpha value is -4.27. The van der Waals surface area contributed by atoms with Crippen LogP contribution < -0.4 is 11.5 Å². The van der Waals surface area contributed by atoms with Gasteiger partial charge in [0.15, 0.2) is 11.5 Å². The van der Waals surface area contributed by atoms with E-state index in [1.165, 1.54) is 0 Å². The number of hydrogen-bond donors (Lipinski definition) is 4. The molecule has 0 radical (unpaired) electrons. The number of aromatic amines is 1. The van der Waals surface area contributed by atoms with Crippen molar-refractivity contribution in [2.24, 2.45) is 5.73 Å². The van der Waals surface area contributed by atoms with Gasteiger partial charge in [-0.25, -0.2) is 9.97 Å². The van der Waals surface area contributed by atoms with Gasteiger partial charge in [0.2, 0.25) is 0 Å². The quantitative estimate of drug-likeness (QED) is 0.398. The summed E-state index contributed by atoms with van der Waals surface area (Å²) in [4.78, 5) is 32.0. The maximum Gasteiger partial charge on any atom is 0.307 e. The Bertz CT molecular complexity index is 1310. The SMILES string of the molecule is Cc1ccc2[nH]ncc2c1-c1nc(-c2cccc(CC(=O)O)c2)nc(C(N)=O)c1N. The zero-order chi connectivity index (χ0) is 21.4. The van der Waals surface area contributed by atoms with Crippen LogP contribution in [0.3, 0.4) is 0 Å². The molecule has 30 heavy (non-hydrogen) atoms. The normalized spacial score (nSPS) is 11.0. The first kappa shape index (κ1) is 19.1. The molecule has 0 aliphatic heterocycles. The lowest BCUT2D eigenvalue weighted by Gasteiger charge is -2.14. The average Bonchev–Trinajstić information content (AvgIpc) is 3.17. The molecule has 0 bridgehead atoms. The summed E-state index contributed by atoms with van der Waals surface area (Å²) in [7, 11) is 0. The second kappa shape index (κ2) is 7.28. The highest BCUT2D eigenvalue weighted by atomic mass is 16.4. The number of primary amides is 1. The van der Waals surface area contributed by atoms with Gasteiger partial charge in [-0.1, -0.05) is 24.3 Å². The summed E-state index contributed by atoms with van der Waals surface area (Å²) in [6.07, 6.45) is 1.52. The number of nitrogens with zero attached hydrogens (tertiary/aromatic N) is 3. The van der Waals surface area contributed by atoms with Crippen molar-refractivity contribution in [2.75, 3.05) is 5.73 Å². The van der Waals surface area contributed by atoms with E-state index >= 15 is 0 Å². The number of benzene rings is 2. The number of amides is 1. The minimum Gasteiger partial charge on any atom is -0.481 e. The highest BCUT2D eigenvalue weighted by Gasteiger charge is 2.21. The smallest absolute Gasteiger partial charge is 0.307 e. The molecule has 4 rings (SSSR count). The third-order valence-electron chi connectivity index (χ3n) is 4.79. The lowest BCUT2D eigenvalue weighted by molar-refractivity contribution is -0.136. The van der Waals surface area contributed by atoms with Gasteiger partial charge in [-0.15, -0.1) is 0 Å². The van der Waals surface area contributed by atoms with E-state index in [1.807, 2.05) is 19.1 Å². The van der Waals surface area contributed by atoms with Crippen LogP contribution in [0.25, 0.3) is 33.5 Å². The van der Waals surface area contributed by atoms with Crippen LogP contribution in [0, 0.1) is 6.92 Å². The molecular weight excluding hydrogens is 384 g/mol. The number of nitrogen functional groups attached to an aromatic ring is 1. The van der Waals surface area contributed by atoms with Crippen LogP contribution >= 0.6 is 0 Å².